The summed E-state index contributed by atoms with van der Waals surface area (Å²) < 4.78 is 27.4. The Morgan fingerprint density at radius 2 is 1.72 bits per heavy atom. The van der Waals surface area contributed by atoms with Crippen LogP contribution in [0.3, 0.4) is 0 Å². The zero-order valence-electron chi connectivity index (χ0n) is 20.8. The first-order chi connectivity index (χ1) is 17.2. The lowest BCUT2D eigenvalue weighted by Crippen LogP contribution is -2.51. The number of benzene rings is 2. The number of sulfonamides is 1. The summed E-state index contributed by atoms with van der Waals surface area (Å²) in [5.41, 5.74) is 3.11. The number of hydrogen-bond donors (Lipinski definition) is 2. The summed E-state index contributed by atoms with van der Waals surface area (Å²) in [6.07, 6.45) is 6.08. The van der Waals surface area contributed by atoms with Crippen molar-refractivity contribution in [2.24, 2.45) is 0 Å². The number of nitrogens with zero attached hydrogens (tertiary/aromatic N) is 2. The maximum Gasteiger partial charge on any atom is 0.264 e. The highest BCUT2D eigenvalue weighted by molar-refractivity contribution is 7.89. The first kappa shape index (κ1) is 25.9. The van der Waals surface area contributed by atoms with Gasteiger partial charge in [-0.2, -0.15) is 0 Å². The fraction of sp³-hybridized carbons (Fsp3) is 0.407. The van der Waals surface area contributed by atoms with E-state index in [1.54, 1.807) is 12.1 Å². The molecular weight excluding hydrogens is 476 g/mol. The summed E-state index contributed by atoms with van der Waals surface area (Å²) in [5, 5.41) is 5.42. The van der Waals surface area contributed by atoms with Gasteiger partial charge in [-0.3, -0.25) is 18.8 Å². The molecule has 2 aliphatic heterocycles. The molecule has 36 heavy (non-hydrogen) atoms. The maximum atomic E-state index is 13.2. The van der Waals surface area contributed by atoms with Gasteiger partial charge in [-0.15, -0.1) is 0 Å². The first-order valence-corrected chi connectivity index (χ1v) is 13.9. The van der Waals surface area contributed by atoms with Crippen LogP contribution in [0, 0.1) is 6.92 Å². The number of carbonyl (C=O) groups is 2. The van der Waals surface area contributed by atoms with Crippen molar-refractivity contribution >= 4 is 21.8 Å². The van der Waals surface area contributed by atoms with E-state index in [-0.39, 0.29) is 17.4 Å². The molecule has 2 atom stereocenters. The highest BCUT2D eigenvalue weighted by Gasteiger charge is 2.37. The van der Waals surface area contributed by atoms with Crippen LogP contribution in [-0.4, -0.2) is 48.6 Å². The minimum absolute atomic E-state index is 0.0656. The van der Waals surface area contributed by atoms with E-state index in [0.29, 0.717) is 0 Å². The number of likely N-dealkylation sites (tertiary alicyclic amines) is 1. The molecule has 9 heteroatoms. The molecule has 2 aromatic rings. The Morgan fingerprint density at radius 3 is 2.39 bits per heavy atom. The molecule has 2 heterocycles. The number of piperidine rings is 1. The number of amides is 2. The Bertz CT molecular complexity index is 1200. The Balaban J connectivity index is 1.39. The van der Waals surface area contributed by atoms with Gasteiger partial charge in [0.15, 0.2) is 0 Å². The van der Waals surface area contributed by atoms with Gasteiger partial charge < -0.3 is 10.6 Å². The van der Waals surface area contributed by atoms with Crippen LogP contribution in [0.5, 0.6) is 0 Å². The van der Waals surface area contributed by atoms with Crippen molar-refractivity contribution in [1.82, 2.24) is 19.8 Å². The molecule has 0 radical (unpaired) electrons. The van der Waals surface area contributed by atoms with E-state index in [1.165, 1.54) is 49.4 Å². The molecule has 0 aromatic heterocycles. The van der Waals surface area contributed by atoms with Crippen LogP contribution < -0.4 is 10.6 Å². The summed E-state index contributed by atoms with van der Waals surface area (Å²) >= 11 is 0. The highest BCUT2D eigenvalue weighted by Crippen LogP contribution is 2.23. The molecule has 0 aliphatic carbocycles. The lowest BCUT2D eigenvalue weighted by Gasteiger charge is -2.31. The summed E-state index contributed by atoms with van der Waals surface area (Å²) in [6.45, 7) is 6.93. The highest BCUT2D eigenvalue weighted by atomic mass is 32.2. The van der Waals surface area contributed by atoms with E-state index in [0.717, 1.165) is 35.1 Å². The minimum Gasteiger partial charge on any atom is -0.350 e. The van der Waals surface area contributed by atoms with Gasteiger partial charge in [0, 0.05) is 18.9 Å². The zero-order chi connectivity index (χ0) is 25.7. The number of aryl methyl sites for hydroxylation is 1. The van der Waals surface area contributed by atoms with Crippen LogP contribution in [0.25, 0.3) is 0 Å². The lowest BCUT2D eigenvalue weighted by atomic mass is 10.0. The molecule has 2 aromatic carbocycles. The molecule has 192 valence electrons. The fourth-order valence-corrected chi connectivity index (χ4v) is 6.07. The molecule has 2 N–H and O–H groups in total. The zero-order valence-corrected chi connectivity index (χ0v) is 21.6. The van der Waals surface area contributed by atoms with E-state index in [9.17, 15) is 18.0 Å². The van der Waals surface area contributed by atoms with Crippen molar-refractivity contribution in [2.75, 3.05) is 13.1 Å². The number of carbonyl (C=O) groups excluding carboxylic acids is 2. The molecule has 2 aliphatic rings. The monoisotopic (exact) mass is 510 g/mol. The van der Waals surface area contributed by atoms with Crippen molar-refractivity contribution in [3.8, 4) is 0 Å². The summed E-state index contributed by atoms with van der Waals surface area (Å²) in [5.74, 6) is -0.947. The van der Waals surface area contributed by atoms with Crippen molar-refractivity contribution in [3.05, 3.63) is 77.6 Å². The van der Waals surface area contributed by atoms with Crippen LogP contribution in [0.15, 0.2) is 65.8 Å². The molecule has 2 amide bonds. The number of rotatable bonds is 8. The van der Waals surface area contributed by atoms with Crippen LogP contribution in [-0.2, 0) is 26.2 Å². The van der Waals surface area contributed by atoms with Crippen LogP contribution in [0.2, 0.25) is 0 Å². The van der Waals surface area contributed by atoms with Crippen LogP contribution >= 0.6 is 0 Å². The average molecular weight is 511 g/mol. The largest absolute Gasteiger partial charge is 0.350 e. The van der Waals surface area contributed by atoms with Crippen molar-refractivity contribution in [3.63, 3.8) is 0 Å². The quantitative estimate of drug-likeness (QED) is 0.568. The van der Waals surface area contributed by atoms with Gasteiger partial charge in [-0.05, 0) is 63.0 Å². The Hall–Kier alpha value is -3.17. The summed E-state index contributed by atoms with van der Waals surface area (Å²) in [6, 6.07) is 13.1. The van der Waals surface area contributed by atoms with Gasteiger partial charge in [0.1, 0.15) is 6.04 Å². The van der Waals surface area contributed by atoms with Gasteiger partial charge in [-0.25, -0.2) is 8.42 Å². The third-order valence-electron chi connectivity index (χ3n) is 6.74. The SMILES string of the molecule is Cc1ccc(S(=O)(=O)N2C=CNC(=O)[C@H]2CC(=O)N[C@H](C)c2ccc(CN3CCCCC3)cc2)cc1. The van der Waals surface area contributed by atoms with Gasteiger partial charge in [0.25, 0.3) is 10.0 Å². The van der Waals surface area contributed by atoms with Crippen molar-refractivity contribution < 1.29 is 18.0 Å². The molecule has 0 spiro atoms. The van der Waals surface area contributed by atoms with Crippen LogP contribution in [0.4, 0.5) is 0 Å². The van der Waals surface area contributed by atoms with E-state index >= 15 is 0 Å². The van der Waals surface area contributed by atoms with Gasteiger partial charge in [0.05, 0.1) is 17.4 Å². The average Bonchev–Trinajstić information content (AvgIpc) is 2.86. The second kappa shape index (κ2) is 11.3. The Morgan fingerprint density at radius 1 is 1.06 bits per heavy atom. The molecular formula is C27H34N4O4S. The third-order valence-corrected chi connectivity index (χ3v) is 8.54. The van der Waals surface area contributed by atoms with E-state index < -0.39 is 27.9 Å². The fourth-order valence-electron chi connectivity index (χ4n) is 4.62. The molecule has 1 saturated heterocycles. The predicted octanol–water partition coefficient (Wildman–Crippen LogP) is 3.21. The third kappa shape index (κ3) is 6.14. The second-order valence-corrected chi connectivity index (χ2v) is 11.4. The molecule has 1 fully saturated rings. The lowest BCUT2D eigenvalue weighted by molar-refractivity contribution is -0.129. The Labute approximate surface area is 213 Å². The second-order valence-electron chi connectivity index (χ2n) is 9.56. The van der Waals surface area contributed by atoms with Gasteiger partial charge >= 0.3 is 0 Å². The molecule has 0 unspecified atom stereocenters. The van der Waals surface area contributed by atoms with Crippen molar-refractivity contribution in [2.45, 2.75) is 63.1 Å². The van der Waals surface area contributed by atoms with E-state index in [4.69, 9.17) is 0 Å². The summed E-state index contributed by atoms with van der Waals surface area (Å²) in [7, 11) is -4.00. The molecule has 4 rings (SSSR count). The normalized spacial score (nSPS) is 19.6. The standard InChI is InChI=1S/C27H34N4O4S/c1-20-6-12-24(13-7-20)36(34,35)31-17-14-28-27(33)25(31)18-26(32)29-21(2)23-10-8-22(9-11-23)19-30-15-4-3-5-16-30/h6-14,17,21,25H,3-5,15-16,18-19H2,1-2H3,(H,28,33)(H,29,32)/t21-,25-/m1/s1. The molecule has 0 saturated carbocycles. The van der Waals surface area contributed by atoms with Crippen molar-refractivity contribution in [1.29, 1.82) is 0 Å². The Kier molecular flexibility index (Phi) is 8.11. The number of nitrogens with one attached hydrogen (secondary N) is 2. The minimum atomic E-state index is -4.00. The van der Waals surface area contributed by atoms with Crippen LogP contribution in [0.1, 0.15) is 55.3 Å². The summed E-state index contributed by atoms with van der Waals surface area (Å²) in [4.78, 5) is 28.0. The molecule has 0 bridgehead atoms. The first-order valence-electron chi connectivity index (χ1n) is 12.4. The topological polar surface area (TPSA) is 98.8 Å². The smallest absolute Gasteiger partial charge is 0.264 e. The maximum absolute atomic E-state index is 13.2. The van der Waals surface area contributed by atoms with Gasteiger partial charge in [0.2, 0.25) is 11.8 Å². The molecule has 8 nitrogen and oxygen atoms in total. The van der Waals surface area contributed by atoms with E-state index in [2.05, 4.69) is 27.7 Å². The predicted molar refractivity (Wildman–Crippen MR) is 138 cm³/mol. The van der Waals surface area contributed by atoms with E-state index in [1.807, 2.05) is 26.0 Å². The number of hydrogen-bond acceptors (Lipinski definition) is 5. The van der Waals surface area contributed by atoms with Gasteiger partial charge in [-0.1, -0.05) is 48.4 Å².